The van der Waals surface area contributed by atoms with Gasteiger partial charge in [0.1, 0.15) is 6.10 Å². The molecule has 1 heterocycles. The first-order chi connectivity index (χ1) is 17.0. The molecule has 1 aromatic heterocycles. The van der Waals surface area contributed by atoms with Crippen LogP contribution < -0.4 is 10.6 Å². The molecule has 7 heteroatoms. The minimum atomic E-state index is -0.539. The number of nitrogens with zero attached hydrogens (tertiary/aromatic N) is 2. The quantitative estimate of drug-likeness (QED) is 0.249. The van der Waals surface area contributed by atoms with Crippen molar-refractivity contribution in [3.05, 3.63) is 66.1 Å². The molecule has 2 saturated carbocycles. The lowest BCUT2D eigenvalue weighted by molar-refractivity contribution is -0.644. The fourth-order valence-corrected chi connectivity index (χ4v) is 5.30. The second kappa shape index (κ2) is 11.6. The van der Waals surface area contributed by atoms with Crippen LogP contribution in [0, 0.1) is 12.8 Å². The molecule has 0 aliphatic heterocycles. The monoisotopic (exact) mass is 477 g/mol. The van der Waals surface area contributed by atoms with Crippen LogP contribution in [-0.4, -0.2) is 41.0 Å². The first kappa shape index (κ1) is 25.0. The number of rotatable bonds is 9. The number of carbonyl (C=O) groups is 2. The molecule has 2 fully saturated rings. The molecule has 4 rings (SSSR count). The third kappa shape index (κ3) is 6.14. The number of hydrogen-bond donors (Lipinski definition) is 2. The van der Waals surface area contributed by atoms with Crippen molar-refractivity contribution >= 4 is 17.7 Å². The summed E-state index contributed by atoms with van der Waals surface area (Å²) in [6, 6.07) is 10.2. The molecule has 7 nitrogen and oxygen atoms in total. The summed E-state index contributed by atoms with van der Waals surface area (Å²) in [6.45, 7) is 7.09. The van der Waals surface area contributed by atoms with Crippen LogP contribution in [0.5, 0.6) is 0 Å². The highest BCUT2D eigenvalue weighted by Gasteiger charge is 2.45. The van der Waals surface area contributed by atoms with Crippen LogP contribution in [0.25, 0.3) is 0 Å². The molecule has 2 aromatic rings. The maximum absolute atomic E-state index is 13.6. The number of amides is 1. The van der Waals surface area contributed by atoms with E-state index in [1.807, 2.05) is 30.4 Å². The zero-order valence-electron chi connectivity index (χ0n) is 20.7. The Kier molecular flexibility index (Phi) is 8.29. The topological polar surface area (TPSA) is 97.8 Å². The van der Waals surface area contributed by atoms with E-state index < -0.39 is 5.41 Å². The Morgan fingerprint density at radius 3 is 2.51 bits per heavy atom. The van der Waals surface area contributed by atoms with Gasteiger partial charge in [-0.05, 0) is 25.3 Å². The number of ether oxygens (including phenoxy) is 1. The highest BCUT2D eigenvalue weighted by Crippen LogP contribution is 2.43. The Morgan fingerprint density at radius 2 is 1.86 bits per heavy atom. The van der Waals surface area contributed by atoms with E-state index in [1.54, 1.807) is 12.4 Å². The predicted molar refractivity (Wildman–Crippen MR) is 135 cm³/mol. The van der Waals surface area contributed by atoms with E-state index in [0.717, 1.165) is 61.9 Å². The molecule has 186 valence electrons. The molecule has 35 heavy (non-hydrogen) atoms. The molecular weight excluding hydrogens is 440 g/mol. The summed E-state index contributed by atoms with van der Waals surface area (Å²) in [5, 5.41) is 4.73. The van der Waals surface area contributed by atoms with Crippen LogP contribution in [0.2, 0.25) is 0 Å². The molecule has 1 aromatic carbocycles. The van der Waals surface area contributed by atoms with Crippen molar-refractivity contribution in [2.75, 3.05) is 18.4 Å². The zero-order valence-corrected chi connectivity index (χ0v) is 20.7. The van der Waals surface area contributed by atoms with Gasteiger partial charge in [0.2, 0.25) is 0 Å². The lowest BCUT2D eigenvalue weighted by Gasteiger charge is -2.41. The van der Waals surface area contributed by atoms with E-state index in [9.17, 15) is 9.59 Å². The molecule has 0 spiro atoms. The normalized spacial score (nSPS) is 21.5. The average molecular weight is 478 g/mol. The molecule has 0 saturated heterocycles. The third-order valence-corrected chi connectivity index (χ3v) is 7.43. The summed E-state index contributed by atoms with van der Waals surface area (Å²) in [6.07, 6.45) is 10.8. The number of esters is 1. The van der Waals surface area contributed by atoms with Gasteiger partial charge in [-0.15, -0.1) is 0 Å². The molecule has 1 amide bonds. The SMILES string of the molecule is C=C1CC(OC(=O)C2(c3ccccc3)CCCCCC2)C1CC[NH2+]CC(=O)Nc1cnc(C)cn1. The Balaban J connectivity index is 1.28. The summed E-state index contributed by atoms with van der Waals surface area (Å²) >= 11 is 0. The average Bonchev–Trinajstić information content (AvgIpc) is 3.13. The third-order valence-electron chi connectivity index (χ3n) is 7.43. The van der Waals surface area contributed by atoms with Crippen LogP contribution in [0.4, 0.5) is 5.82 Å². The minimum absolute atomic E-state index is 0.0735. The first-order valence-electron chi connectivity index (χ1n) is 12.8. The number of aromatic nitrogens is 2. The Bertz CT molecular complexity index is 1010. The van der Waals surface area contributed by atoms with Crippen LogP contribution in [0.1, 0.15) is 62.6 Å². The Morgan fingerprint density at radius 1 is 1.11 bits per heavy atom. The largest absolute Gasteiger partial charge is 0.461 e. The molecule has 0 bridgehead atoms. The standard InChI is InChI=1S/C28H36N4O3/c1-20-16-24(23(20)12-15-29-19-26(33)32-25-18-30-21(2)17-31-25)35-27(34)28(13-8-3-4-9-14-28)22-10-6-5-7-11-22/h5-7,10-11,17-18,23-24,29H,1,3-4,8-9,12-16,19H2,2H3,(H,31,32,33)/p+1. The van der Waals surface area contributed by atoms with E-state index in [4.69, 9.17) is 4.74 Å². The van der Waals surface area contributed by atoms with E-state index in [0.29, 0.717) is 12.4 Å². The maximum Gasteiger partial charge on any atom is 0.316 e. The van der Waals surface area contributed by atoms with Gasteiger partial charge in [-0.1, -0.05) is 68.2 Å². The number of hydrogen-bond acceptors (Lipinski definition) is 5. The fourth-order valence-electron chi connectivity index (χ4n) is 5.30. The van der Waals surface area contributed by atoms with Gasteiger partial charge >= 0.3 is 5.97 Å². The van der Waals surface area contributed by atoms with Crippen LogP contribution in [0.3, 0.4) is 0 Å². The van der Waals surface area contributed by atoms with E-state index >= 15 is 0 Å². The van der Waals surface area contributed by atoms with Gasteiger partial charge in [-0.3, -0.25) is 14.6 Å². The van der Waals surface area contributed by atoms with E-state index in [-0.39, 0.29) is 23.9 Å². The van der Waals surface area contributed by atoms with Gasteiger partial charge in [-0.2, -0.15) is 0 Å². The van der Waals surface area contributed by atoms with Gasteiger partial charge in [0.25, 0.3) is 5.91 Å². The Labute approximate surface area is 207 Å². The number of quaternary nitrogens is 1. The highest BCUT2D eigenvalue weighted by molar-refractivity contribution is 5.90. The lowest BCUT2D eigenvalue weighted by atomic mass is 9.72. The molecular formula is C28H37N4O3+. The van der Waals surface area contributed by atoms with Crippen molar-refractivity contribution in [2.24, 2.45) is 5.92 Å². The smallest absolute Gasteiger partial charge is 0.316 e. The molecule has 2 atom stereocenters. The predicted octanol–water partition coefficient (Wildman–Crippen LogP) is 3.46. The lowest BCUT2D eigenvalue weighted by Crippen LogP contribution is -2.86. The van der Waals surface area contributed by atoms with Crippen LogP contribution in [0.15, 0.2) is 54.9 Å². The molecule has 3 N–H and O–H groups in total. The number of nitrogens with one attached hydrogen (secondary N) is 1. The van der Waals surface area contributed by atoms with Gasteiger partial charge in [0.15, 0.2) is 12.4 Å². The van der Waals surface area contributed by atoms with Crippen molar-refractivity contribution in [2.45, 2.75) is 69.8 Å². The Hall–Kier alpha value is -3.06. The maximum atomic E-state index is 13.6. The highest BCUT2D eigenvalue weighted by atomic mass is 16.5. The van der Waals surface area contributed by atoms with Crippen molar-refractivity contribution < 1.29 is 19.6 Å². The van der Waals surface area contributed by atoms with Crippen molar-refractivity contribution in [3.8, 4) is 0 Å². The van der Waals surface area contributed by atoms with Gasteiger partial charge in [-0.25, -0.2) is 4.98 Å². The zero-order chi connectivity index (χ0) is 24.7. The van der Waals surface area contributed by atoms with Crippen molar-refractivity contribution in [1.29, 1.82) is 0 Å². The summed E-state index contributed by atoms with van der Waals surface area (Å²) < 4.78 is 6.18. The van der Waals surface area contributed by atoms with Crippen molar-refractivity contribution in [3.63, 3.8) is 0 Å². The van der Waals surface area contributed by atoms with Gasteiger partial charge in [0, 0.05) is 18.8 Å². The second-order valence-electron chi connectivity index (χ2n) is 9.94. The van der Waals surface area contributed by atoms with Gasteiger partial charge < -0.3 is 15.4 Å². The van der Waals surface area contributed by atoms with Crippen LogP contribution >= 0.6 is 0 Å². The number of benzene rings is 1. The molecule has 2 aliphatic carbocycles. The van der Waals surface area contributed by atoms with Gasteiger partial charge in [0.05, 0.1) is 30.0 Å². The fraction of sp³-hybridized carbons (Fsp3) is 0.500. The number of anilines is 1. The molecule has 2 aliphatic rings. The second-order valence-corrected chi connectivity index (χ2v) is 9.94. The van der Waals surface area contributed by atoms with Crippen LogP contribution in [-0.2, 0) is 19.7 Å². The summed E-state index contributed by atoms with van der Waals surface area (Å²) in [7, 11) is 0. The summed E-state index contributed by atoms with van der Waals surface area (Å²) in [4.78, 5) is 34.1. The molecule has 2 unspecified atom stereocenters. The van der Waals surface area contributed by atoms with E-state index in [1.165, 1.54) is 12.8 Å². The minimum Gasteiger partial charge on any atom is -0.461 e. The summed E-state index contributed by atoms with van der Waals surface area (Å²) in [5.74, 6) is 0.423. The van der Waals surface area contributed by atoms with E-state index in [2.05, 4.69) is 34.0 Å². The van der Waals surface area contributed by atoms with Crippen molar-refractivity contribution in [1.82, 2.24) is 9.97 Å². The summed E-state index contributed by atoms with van der Waals surface area (Å²) in [5.41, 5.74) is 2.48. The number of nitrogens with two attached hydrogens (primary N) is 1. The number of carbonyl (C=O) groups excluding carboxylic acids is 2. The first-order valence-corrected chi connectivity index (χ1v) is 12.8. The molecule has 0 radical (unpaired) electrons. The number of aryl methyl sites for hydroxylation is 1.